The van der Waals surface area contributed by atoms with Gasteiger partial charge in [0, 0.05) is 36.3 Å². The van der Waals surface area contributed by atoms with Crippen molar-refractivity contribution in [3.63, 3.8) is 0 Å². The SMILES string of the molecule is CCc1noc(C)c1CNC(=O)c1cn(C)c2ccccc12. The number of aromatic nitrogens is 2. The molecule has 2 heterocycles. The topological polar surface area (TPSA) is 60.1 Å². The Morgan fingerprint density at radius 2 is 2.14 bits per heavy atom. The zero-order chi connectivity index (χ0) is 15.7. The second-order valence-electron chi connectivity index (χ2n) is 5.37. The molecule has 0 fully saturated rings. The van der Waals surface area contributed by atoms with Crippen LogP contribution in [0, 0.1) is 6.92 Å². The standard InChI is InChI=1S/C17H19N3O2/c1-4-15-13(11(2)22-19-15)9-18-17(21)14-10-20(3)16-8-6-5-7-12(14)16/h5-8,10H,4,9H2,1-3H3,(H,18,21). The number of para-hydroxylation sites is 1. The highest BCUT2D eigenvalue weighted by Crippen LogP contribution is 2.20. The van der Waals surface area contributed by atoms with Gasteiger partial charge in [-0.25, -0.2) is 0 Å². The Morgan fingerprint density at radius 1 is 1.36 bits per heavy atom. The summed E-state index contributed by atoms with van der Waals surface area (Å²) in [4.78, 5) is 12.5. The Balaban J connectivity index is 1.83. The quantitative estimate of drug-likeness (QED) is 0.805. The molecule has 0 aliphatic carbocycles. The number of carbonyl (C=O) groups excluding carboxylic acids is 1. The molecule has 0 aliphatic rings. The van der Waals surface area contributed by atoms with Crippen molar-refractivity contribution in [2.75, 3.05) is 0 Å². The van der Waals surface area contributed by atoms with Crippen LogP contribution >= 0.6 is 0 Å². The molecule has 5 heteroatoms. The minimum atomic E-state index is -0.0838. The Labute approximate surface area is 128 Å². The van der Waals surface area contributed by atoms with Gasteiger partial charge in [-0.3, -0.25) is 4.79 Å². The number of hydrogen-bond acceptors (Lipinski definition) is 3. The van der Waals surface area contributed by atoms with Gasteiger partial charge in [0.25, 0.3) is 5.91 Å². The first kappa shape index (κ1) is 14.4. The lowest BCUT2D eigenvalue weighted by atomic mass is 10.1. The van der Waals surface area contributed by atoms with Crippen LogP contribution in [0.1, 0.15) is 34.3 Å². The first-order chi connectivity index (χ1) is 10.6. The highest BCUT2D eigenvalue weighted by atomic mass is 16.5. The number of amides is 1. The summed E-state index contributed by atoms with van der Waals surface area (Å²) in [6.07, 6.45) is 2.65. The Morgan fingerprint density at radius 3 is 2.91 bits per heavy atom. The number of aryl methyl sites for hydroxylation is 3. The molecule has 2 aromatic heterocycles. The maximum absolute atomic E-state index is 12.5. The first-order valence-corrected chi connectivity index (χ1v) is 7.38. The number of fused-ring (bicyclic) bond motifs is 1. The molecule has 0 spiro atoms. The van der Waals surface area contributed by atoms with E-state index < -0.39 is 0 Å². The van der Waals surface area contributed by atoms with Crippen molar-refractivity contribution >= 4 is 16.8 Å². The van der Waals surface area contributed by atoms with Crippen LogP contribution in [0.4, 0.5) is 0 Å². The molecular formula is C17H19N3O2. The first-order valence-electron chi connectivity index (χ1n) is 7.38. The third kappa shape index (κ3) is 2.39. The molecule has 0 saturated carbocycles. The number of carbonyl (C=O) groups is 1. The highest BCUT2D eigenvalue weighted by Gasteiger charge is 2.16. The second-order valence-corrected chi connectivity index (χ2v) is 5.37. The van der Waals surface area contributed by atoms with Crippen LogP contribution in [-0.4, -0.2) is 15.6 Å². The maximum Gasteiger partial charge on any atom is 0.253 e. The molecule has 1 amide bonds. The zero-order valence-electron chi connectivity index (χ0n) is 13.0. The Hall–Kier alpha value is -2.56. The van der Waals surface area contributed by atoms with E-state index in [9.17, 15) is 4.79 Å². The molecule has 0 atom stereocenters. The van der Waals surface area contributed by atoms with E-state index >= 15 is 0 Å². The van der Waals surface area contributed by atoms with Crippen LogP contribution in [0.2, 0.25) is 0 Å². The van der Waals surface area contributed by atoms with E-state index in [0.29, 0.717) is 12.1 Å². The molecule has 0 radical (unpaired) electrons. The largest absolute Gasteiger partial charge is 0.361 e. The fraction of sp³-hybridized carbons (Fsp3) is 0.294. The molecule has 3 rings (SSSR count). The minimum absolute atomic E-state index is 0.0838. The van der Waals surface area contributed by atoms with Crippen molar-refractivity contribution in [3.05, 3.63) is 53.0 Å². The van der Waals surface area contributed by atoms with Crippen molar-refractivity contribution < 1.29 is 9.32 Å². The highest BCUT2D eigenvalue weighted by molar-refractivity contribution is 6.06. The fourth-order valence-electron chi connectivity index (χ4n) is 2.73. The van der Waals surface area contributed by atoms with Gasteiger partial charge >= 0.3 is 0 Å². The van der Waals surface area contributed by atoms with Gasteiger partial charge in [-0.05, 0) is 19.4 Å². The van der Waals surface area contributed by atoms with E-state index in [-0.39, 0.29) is 5.91 Å². The van der Waals surface area contributed by atoms with E-state index in [1.807, 2.05) is 55.9 Å². The van der Waals surface area contributed by atoms with Crippen molar-refractivity contribution in [3.8, 4) is 0 Å². The predicted molar refractivity (Wildman–Crippen MR) is 84.7 cm³/mol. The van der Waals surface area contributed by atoms with Gasteiger partial charge in [0.1, 0.15) is 5.76 Å². The Kier molecular flexibility index (Phi) is 3.71. The van der Waals surface area contributed by atoms with Gasteiger partial charge in [-0.15, -0.1) is 0 Å². The molecular weight excluding hydrogens is 278 g/mol. The number of hydrogen-bond donors (Lipinski definition) is 1. The van der Waals surface area contributed by atoms with E-state index in [1.165, 1.54) is 0 Å². The van der Waals surface area contributed by atoms with Gasteiger partial charge < -0.3 is 14.4 Å². The van der Waals surface area contributed by atoms with Gasteiger partial charge in [0.15, 0.2) is 0 Å². The van der Waals surface area contributed by atoms with E-state index in [2.05, 4.69) is 10.5 Å². The molecule has 0 aliphatic heterocycles. The molecule has 1 N–H and O–H groups in total. The maximum atomic E-state index is 12.5. The summed E-state index contributed by atoms with van der Waals surface area (Å²) >= 11 is 0. The van der Waals surface area contributed by atoms with Crippen LogP contribution in [0.5, 0.6) is 0 Å². The van der Waals surface area contributed by atoms with E-state index in [1.54, 1.807) is 0 Å². The lowest BCUT2D eigenvalue weighted by Crippen LogP contribution is -2.23. The molecule has 3 aromatic rings. The summed E-state index contributed by atoms with van der Waals surface area (Å²) in [5.74, 6) is 0.675. The van der Waals surface area contributed by atoms with Gasteiger partial charge in [0.05, 0.1) is 11.3 Å². The lowest BCUT2D eigenvalue weighted by Gasteiger charge is -2.04. The number of nitrogens with one attached hydrogen (secondary N) is 1. The number of nitrogens with zero attached hydrogens (tertiary/aromatic N) is 2. The summed E-state index contributed by atoms with van der Waals surface area (Å²) in [7, 11) is 1.94. The van der Waals surface area contributed by atoms with Crippen LogP contribution in [0.3, 0.4) is 0 Å². The minimum Gasteiger partial charge on any atom is -0.361 e. The van der Waals surface area contributed by atoms with Crippen LogP contribution in [0.25, 0.3) is 10.9 Å². The molecule has 0 bridgehead atoms. The predicted octanol–water partition coefficient (Wildman–Crippen LogP) is 2.97. The third-order valence-corrected chi connectivity index (χ3v) is 3.97. The lowest BCUT2D eigenvalue weighted by molar-refractivity contribution is 0.0952. The van der Waals surface area contributed by atoms with Crippen molar-refractivity contribution in [1.29, 1.82) is 0 Å². The summed E-state index contributed by atoms with van der Waals surface area (Å²) < 4.78 is 7.16. The van der Waals surface area contributed by atoms with Gasteiger partial charge in [-0.2, -0.15) is 0 Å². The summed E-state index contributed by atoms with van der Waals surface area (Å²) in [5, 5.41) is 7.94. The average Bonchev–Trinajstić information content (AvgIpc) is 3.06. The summed E-state index contributed by atoms with van der Waals surface area (Å²) in [6.45, 7) is 4.32. The molecule has 0 unspecified atom stereocenters. The third-order valence-electron chi connectivity index (χ3n) is 3.97. The average molecular weight is 297 g/mol. The van der Waals surface area contributed by atoms with Crippen molar-refractivity contribution in [1.82, 2.24) is 15.0 Å². The zero-order valence-corrected chi connectivity index (χ0v) is 13.0. The monoisotopic (exact) mass is 297 g/mol. The number of benzene rings is 1. The molecule has 0 saturated heterocycles. The van der Waals surface area contributed by atoms with Gasteiger partial charge in [0.2, 0.25) is 0 Å². The van der Waals surface area contributed by atoms with Crippen LogP contribution < -0.4 is 5.32 Å². The molecule has 114 valence electrons. The fourth-order valence-corrected chi connectivity index (χ4v) is 2.73. The normalized spacial score (nSPS) is 11.0. The van der Waals surface area contributed by atoms with Crippen LogP contribution in [-0.2, 0) is 20.0 Å². The molecule has 1 aromatic carbocycles. The van der Waals surface area contributed by atoms with Crippen molar-refractivity contribution in [2.24, 2.45) is 7.05 Å². The molecule has 5 nitrogen and oxygen atoms in total. The van der Waals surface area contributed by atoms with Crippen LogP contribution in [0.15, 0.2) is 35.0 Å². The summed E-state index contributed by atoms with van der Waals surface area (Å²) in [5.41, 5.74) is 3.60. The molecule has 22 heavy (non-hydrogen) atoms. The second kappa shape index (κ2) is 5.67. The summed E-state index contributed by atoms with van der Waals surface area (Å²) in [6, 6.07) is 7.88. The van der Waals surface area contributed by atoms with Gasteiger partial charge in [-0.1, -0.05) is 30.3 Å². The smallest absolute Gasteiger partial charge is 0.253 e. The number of rotatable bonds is 4. The van der Waals surface area contributed by atoms with E-state index in [0.717, 1.165) is 34.3 Å². The van der Waals surface area contributed by atoms with Crippen molar-refractivity contribution in [2.45, 2.75) is 26.8 Å². The Bertz CT molecular complexity index is 830. The van der Waals surface area contributed by atoms with E-state index in [4.69, 9.17) is 4.52 Å².